The Balaban J connectivity index is 1.44. The molecule has 2 aliphatic rings. The average molecular weight is 359 g/mol. The molecule has 0 aromatic heterocycles. The Kier molecular flexibility index (Phi) is 7.03. The number of carbonyl (C=O) groups is 2. The first-order valence-corrected chi connectivity index (χ1v) is 9.74. The molecule has 1 aromatic rings. The van der Waals surface area contributed by atoms with Crippen LogP contribution in [0, 0.1) is 0 Å². The lowest BCUT2D eigenvalue weighted by Crippen LogP contribution is -2.37. The van der Waals surface area contributed by atoms with Crippen molar-refractivity contribution >= 4 is 17.5 Å². The minimum Gasteiger partial charge on any atom is -0.376 e. The van der Waals surface area contributed by atoms with Gasteiger partial charge in [-0.05, 0) is 43.9 Å². The van der Waals surface area contributed by atoms with Gasteiger partial charge in [-0.1, -0.05) is 25.3 Å². The Morgan fingerprint density at radius 2 is 1.92 bits per heavy atom. The van der Waals surface area contributed by atoms with Crippen molar-refractivity contribution in [3.63, 3.8) is 0 Å². The normalized spacial score (nSPS) is 20.7. The lowest BCUT2D eigenvalue weighted by molar-refractivity contribution is -0.115. The lowest BCUT2D eigenvalue weighted by atomic mass is 9.95. The second kappa shape index (κ2) is 9.69. The van der Waals surface area contributed by atoms with Crippen LogP contribution >= 0.6 is 0 Å². The Morgan fingerprint density at radius 3 is 2.69 bits per heavy atom. The summed E-state index contributed by atoms with van der Waals surface area (Å²) in [5, 5.41) is 9.09. The maximum Gasteiger partial charge on any atom is 0.251 e. The van der Waals surface area contributed by atoms with E-state index in [1.807, 2.05) is 0 Å². The van der Waals surface area contributed by atoms with Gasteiger partial charge in [0.15, 0.2) is 0 Å². The van der Waals surface area contributed by atoms with E-state index in [0.717, 1.165) is 32.3 Å². The van der Waals surface area contributed by atoms with E-state index in [2.05, 4.69) is 16.0 Å². The number of amides is 2. The highest BCUT2D eigenvalue weighted by Crippen LogP contribution is 2.17. The molecule has 1 heterocycles. The van der Waals surface area contributed by atoms with Gasteiger partial charge in [0.05, 0.1) is 12.6 Å². The number of rotatable bonds is 7. The monoisotopic (exact) mass is 359 g/mol. The van der Waals surface area contributed by atoms with Gasteiger partial charge < -0.3 is 20.7 Å². The van der Waals surface area contributed by atoms with E-state index < -0.39 is 0 Å². The average Bonchev–Trinajstić information content (AvgIpc) is 3.19. The smallest absolute Gasteiger partial charge is 0.251 e. The topological polar surface area (TPSA) is 79.5 Å². The highest BCUT2D eigenvalue weighted by atomic mass is 16.5. The van der Waals surface area contributed by atoms with Crippen molar-refractivity contribution in [3.8, 4) is 0 Å². The first kappa shape index (κ1) is 18.9. The maximum absolute atomic E-state index is 12.3. The van der Waals surface area contributed by atoms with Crippen molar-refractivity contribution in [2.24, 2.45) is 0 Å². The number of benzene rings is 1. The number of anilines is 1. The molecule has 6 heteroatoms. The van der Waals surface area contributed by atoms with Gasteiger partial charge in [-0.2, -0.15) is 0 Å². The van der Waals surface area contributed by atoms with E-state index >= 15 is 0 Å². The number of ether oxygens (including phenoxy) is 1. The van der Waals surface area contributed by atoms with Gasteiger partial charge in [-0.3, -0.25) is 9.59 Å². The first-order chi connectivity index (χ1) is 12.7. The van der Waals surface area contributed by atoms with Gasteiger partial charge in [0.25, 0.3) is 5.91 Å². The quantitative estimate of drug-likeness (QED) is 0.699. The maximum atomic E-state index is 12.3. The van der Waals surface area contributed by atoms with Crippen LogP contribution in [0.25, 0.3) is 0 Å². The fourth-order valence-corrected chi connectivity index (χ4v) is 3.60. The standard InChI is InChI=1S/C20H29N3O3/c24-19(14-21-16-7-2-1-3-8-16)23-17-9-4-6-15(12-17)20(25)22-13-18-10-5-11-26-18/h4,6,9,12,16,18,21H,1-3,5,7-8,10-11,13-14H2,(H,22,25)(H,23,24). The molecule has 142 valence electrons. The summed E-state index contributed by atoms with van der Waals surface area (Å²) < 4.78 is 5.51. The lowest BCUT2D eigenvalue weighted by Gasteiger charge is -2.22. The van der Waals surface area contributed by atoms with Crippen LogP contribution in [0.5, 0.6) is 0 Å². The minimum absolute atomic E-state index is 0.0764. The van der Waals surface area contributed by atoms with Gasteiger partial charge in [0, 0.05) is 30.4 Å². The largest absolute Gasteiger partial charge is 0.376 e. The molecule has 1 aliphatic carbocycles. The van der Waals surface area contributed by atoms with E-state index in [-0.39, 0.29) is 17.9 Å². The number of nitrogens with one attached hydrogen (secondary N) is 3. The molecule has 1 unspecified atom stereocenters. The molecule has 2 fully saturated rings. The Bertz CT molecular complexity index is 608. The predicted octanol–water partition coefficient (Wildman–Crippen LogP) is 2.46. The van der Waals surface area contributed by atoms with E-state index in [0.29, 0.717) is 30.4 Å². The van der Waals surface area contributed by atoms with Gasteiger partial charge >= 0.3 is 0 Å². The predicted molar refractivity (Wildman–Crippen MR) is 101 cm³/mol. The van der Waals surface area contributed by atoms with Crippen molar-refractivity contribution in [2.45, 2.75) is 57.1 Å². The van der Waals surface area contributed by atoms with Crippen LogP contribution in [0.15, 0.2) is 24.3 Å². The zero-order valence-electron chi connectivity index (χ0n) is 15.3. The molecule has 0 radical (unpaired) electrons. The third-order valence-corrected chi connectivity index (χ3v) is 5.08. The summed E-state index contributed by atoms with van der Waals surface area (Å²) in [6, 6.07) is 7.49. The Morgan fingerprint density at radius 1 is 1.08 bits per heavy atom. The Hall–Kier alpha value is -1.92. The van der Waals surface area contributed by atoms with Crippen molar-refractivity contribution in [2.75, 3.05) is 25.0 Å². The molecule has 0 spiro atoms. The zero-order chi connectivity index (χ0) is 18.2. The summed E-state index contributed by atoms with van der Waals surface area (Å²) in [4.78, 5) is 24.4. The van der Waals surface area contributed by atoms with E-state index in [1.165, 1.54) is 19.3 Å². The van der Waals surface area contributed by atoms with Crippen LogP contribution in [0.2, 0.25) is 0 Å². The third-order valence-electron chi connectivity index (χ3n) is 5.08. The molecule has 1 aromatic carbocycles. The van der Waals surface area contributed by atoms with E-state index in [4.69, 9.17) is 4.74 Å². The summed E-state index contributed by atoms with van der Waals surface area (Å²) >= 11 is 0. The molecule has 1 saturated heterocycles. The van der Waals surface area contributed by atoms with Crippen molar-refractivity contribution in [1.29, 1.82) is 0 Å². The van der Waals surface area contributed by atoms with Crippen LogP contribution in [0.4, 0.5) is 5.69 Å². The molecule has 1 atom stereocenters. The van der Waals surface area contributed by atoms with Gasteiger partial charge in [0.1, 0.15) is 0 Å². The molecule has 3 rings (SSSR count). The first-order valence-electron chi connectivity index (χ1n) is 9.74. The van der Waals surface area contributed by atoms with Crippen LogP contribution in [-0.4, -0.2) is 43.7 Å². The summed E-state index contributed by atoms with van der Waals surface area (Å²) in [5.41, 5.74) is 1.19. The van der Waals surface area contributed by atoms with Crippen molar-refractivity contribution in [1.82, 2.24) is 10.6 Å². The van der Waals surface area contributed by atoms with Crippen LogP contribution in [-0.2, 0) is 9.53 Å². The molecular formula is C20H29N3O3. The van der Waals surface area contributed by atoms with Gasteiger partial charge in [0.2, 0.25) is 5.91 Å². The van der Waals surface area contributed by atoms with Crippen molar-refractivity contribution < 1.29 is 14.3 Å². The third kappa shape index (κ3) is 5.81. The molecule has 26 heavy (non-hydrogen) atoms. The second-order valence-corrected chi connectivity index (χ2v) is 7.19. The summed E-state index contributed by atoms with van der Waals surface area (Å²) in [5.74, 6) is -0.218. The molecule has 0 bridgehead atoms. The van der Waals surface area contributed by atoms with Crippen LogP contribution in [0.1, 0.15) is 55.3 Å². The van der Waals surface area contributed by atoms with Crippen LogP contribution in [0.3, 0.4) is 0 Å². The molecule has 3 N–H and O–H groups in total. The van der Waals surface area contributed by atoms with Crippen molar-refractivity contribution in [3.05, 3.63) is 29.8 Å². The zero-order valence-corrected chi connectivity index (χ0v) is 15.3. The van der Waals surface area contributed by atoms with E-state index in [1.54, 1.807) is 24.3 Å². The Labute approximate surface area is 155 Å². The summed E-state index contributed by atoms with van der Waals surface area (Å²) in [6.07, 6.45) is 8.23. The number of hydrogen-bond acceptors (Lipinski definition) is 4. The second-order valence-electron chi connectivity index (χ2n) is 7.19. The fraction of sp³-hybridized carbons (Fsp3) is 0.600. The molecule has 1 aliphatic heterocycles. The molecular weight excluding hydrogens is 330 g/mol. The highest BCUT2D eigenvalue weighted by molar-refractivity contribution is 5.97. The molecule has 2 amide bonds. The fourth-order valence-electron chi connectivity index (χ4n) is 3.60. The minimum atomic E-state index is -0.142. The molecule has 6 nitrogen and oxygen atoms in total. The van der Waals surface area contributed by atoms with Crippen LogP contribution < -0.4 is 16.0 Å². The SMILES string of the molecule is O=C(CNC1CCCCC1)Nc1cccc(C(=O)NCC2CCCO2)c1. The van der Waals surface area contributed by atoms with Gasteiger partial charge in [-0.25, -0.2) is 0 Å². The molecule has 1 saturated carbocycles. The highest BCUT2D eigenvalue weighted by Gasteiger charge is 2.17. The summed E-state index contributed by atoms with van der Waals surface area (Å²) in [6.45, 7) is 1.61. The number of carbonyl (C=O) groups excluding carboxylic acids is 2. The number of hydrogen-bond donors (Lipinski definition) is 3. The van der Waals surface area contributed by atoms with Gasteiger partial charge in [-0.15, -0.1) is 0 Å². The summed E-state index contributed by atoms with van der Waals surface area (Å²) in [7, 11) is 0. The van der Waals surface area contributed by atoms with E-state index in [9.17, 15) is 9.59 Å².